The summed E-state index contributed by atoms with van der Waals surface area (Å²) in [4.78, 5) is -1.64. The van der Waals surface area contributed by atoms with Crippen LogP contribution in [0.5, 0.6) is 11.5 Å². The third-order valence-corrected chi connectivity index (χ3v) is 8.78. The lowest BCUT2D eigenvalue weighted by molar-refractivity contribution is 0.202. The first-order chi connectivity index (χ1) is 12.1. The summed E-state index contributed by atoms with van der Waals surface area (Å²) < 4.78 is 31.5. The predicted octanol–water partition coefficient (Wildman–Crippen LogP) is 6.45. The fourth-order valence-electron chi connectivity index (χ4n) is 3.15. The zero-order valence-corrected chi connectivity index (χ0v) is 18.6. The van der Waals surface area contributed by atoms with Gasteiger partial charge in [0.15, 0.2) is 4.33 Å². The van der Waals surface area contributed by atoms with Crippen LogP contribution in [0.15, 0.2) is 22.2 Å². The van der Waals surface area contributed by atoms with Crippen LogP contribution in [0.3, 0.4) is 0 Å². The second-order valence-corrected chi connectivity index (χ2v) is 10.0. The number of halogens is 6. The number of methoxy groups -OCH3 is 1. The first-order valence-corrected chi connectivity index (χ1v) is 10.9. The van der Waals surface area contributed by atoms with E-state index in [0.717, 1.165) is 7.11 Å². The van der Waals surface area contributed by atoms with E-state index >= 15 is 0 Å². The summed E-state index contributed by atoms with van der Waals surface area (Å²) in [6.07, 6.45) is 0. The predicted molar refractivity (Wildman–Crippen MR) is 103 cm³/mol. The summed E-state index contributed by atoms with van der Waals surface area (Å²) in [5, 5.41) is 0.244. The van der Waals surface area contributed by atoms with E-state index < -0.39 is 29.0 Å². The van der Waals surface area contributed by atoms with E-state index in [2.05, 4.69) is 0 Å². The third-order valence-electron chi connectivity index (χ3n) is 4.25. The summed E-state index contributed by atoms with van der Waals surface area (Å²) in [5.74, 6) is -0.304. The second kappa shape index (κ2) is 7.05. The van der Waals surface area contributed by atoms with E-state index in [1.54, 1.807) is 6.07 Å². The van der Waals surface area contributed by atoms with Gasteiger partial charge in [0.1, 0.15) is 22.4 Å². The average Bonchev–Trinajstić information content (AvgIpc) is 2.85. The Kier molecular flexibility index (Phi) is 5.74. The minimum Gasteiger partial charge on any atom is -0.496 e. The summed E-state index contributed by atoms with van der Waals surface area (Å²) in [7, 11) is -1.41. The quantitative estimate of drug-likeness (QED) is 0.330. The van der Waals surface area contributed by atoms with E-state index in [4.69, 9.17) is 87.9 Å². The highest BCUT2D eigenvalue weighted by Gasteiger charge is 2.71. The van der Waals surface area contributed by atoms with Gasteiger partial charge in [-0.1, -0.05) is 58.0 Å². The van der Waals surface area contributed by atoms with Crippen LogP contribution >= 0.6 is 77.4 Å². The van der Waals surface area contributed by atoms with Crippen molar-refractivity contribution in [1.29, 1.82) is 0 Å². The molecule has 26 heavy (non-hydrogen) atoms. The number of ether oxygens (including phenoxy) is 1. The molecule has 144 valence electrons. The highest BCUT2D eigenvalue weighted by atomic mass is 35.5. The Labute approximate surface area is 179 Å². The Hall–Kier alpha value is 0.450. The van der Waals surface area contributed by atoms with E-state index in [1.807, 2.05) is 0 Å². The molecule has 2 aliphatic rings. The average molecular weight is 503 g/mol. The monoisotopic (exact) mass is 500 g/mol. The maximum absolute atomic E-state index is 12.6. The van der Waals surface area contributed by atoms with Crippen molar-refractivity contribution in [2.75, 3.05) is 20.3 Å². The molecule has 0 N–H and O–H groups in total. The van der Waals surface area contributed by atoms with Gasteiger partial charge in [-0.05, 0) is 12.1 Å². The fourth-order valence-corrected chi connectivity index (χ4v) is 6.50. The number of benzene rings is 1. The molecule has 2 bridgehead atoms. The SMILES string of the molecule is COc1ccc(OP(=O)(OC)OCCl)c2c1C1C(Cl)=C(Cl)C2(Cl)C1(Cl)Cl. The lowest BCUT2D eigenvalue weighted by atomic mass is 9.94. The molecule has 0 saturated carbocycles. The second-order valence-electron chi connectivity index (χ2n) is 5.39. The van der Waals surface area contributed by atoms with Crippen LogP contribution in [-0.4, -0.2) is 24.6 Å². The molecule has 3 rings (SSSR count). The summed E-state index contributed by atoms with van der Waals surface area (Å²) in [6, 6.07) is 2.62. The van der Waals surface area contributed by atoms with Crippen LogP contribution in [0.4, 0.5) is 0 Å². The molecule has 0 radical (unpaired) electrons. The molecule has 0 aliphatic heterocycles. The zero-order chi connectivity index (χ0) is 19.5. The van der Waals surface area contributed by atoms with E-state index in [9.17, 15) is 4.57 Å². The molecule has 5 nitrogen and oxygen atoms in total. The minimum atomic E-state index is -4.02. The van der Waals surface area contributed by atoms with Crippen LogP contribution in [0, 0.1) is 0 Å². The molecule has 0 fully saturated rings. The lowest BCUT2D eigenvalue weighted by Gasteiger charge is -2.30. The molecule has 0 saturated heterocycles. The molecule has 0 heterocycles. The Balaban J connectivity index is 2.25. The first kappa shape index (κ1) is 21.2. The topological polar surface area (TPSA) is 54.0 Å². The van der Waals surface area contributed by atoms with Crippen molar-refractivity contribution in [2.45, 2.75) is 15.1 Å². The fraction of sp³-hybridized carbons (Fsp3) is 0.429. The van der Waals surface area contributed by atoms with Crippen molar-refractivity contribution in [3.63, 3.8) is 0 Å². The normalized spacial score (nSPS) is 28.1. The minimum absolute atomic E-state index is 0.0431. The van der Waals surface area contributed by atoms with E-state index in [0.29, 0.717) is 11.3 Å². The highest BCUT2D eigenvalue weighted by molar-refractivity contribution is 7.49. The Bertz CT molecular complexity index is 843. The van der Waals surface area contributed by atoms with Crippen LogP contribution in [-0.2, 0) is 18.5 Å². The number of hydrogen-bond donors (Lipinski definition) is 0. The van der Waals surface area contributed by atoms with Crippen LogP contribution in [0.1, 0.15) is 17.0 Å². The van der Waals surface area contributed by atoms with Gasteiger partial charge in [-0.2, -0.15) is 0 Å². The maximum atomic E-state index is 12.6. The number of alkyl halides is 4. The summed E-state index contributed by atoms with van der Waals surface area (Å²) >= 11 is 38.0. The van der Waals surface area contributed by atoms with Crippen molar-refractivity contribution in [3.05, 3.63) is 33.3 Å². The smallest absolute Gasteiger partial charge is 0.496 e. The van der Waals surface area contributed by atoms with Gasteiger partial charge in [0.2, 0.25) is 0 Å². The van der Waals surface area contributed by atoms with Crippen molar-refractivity contribution in [1.82, 2.24) is 0 Å². The molecule has 2 aliphatic carbocycles. The van der Waals surface area contributed by atoms with Gasteiger partial charge in [0, 0.05) is 23.3 Å². The number of rotatable bonds is 6. The number of hydrogen-bond acceptors (Lipinski definition) is 5. The molecule has 0 amide bonds. The van der Waals surface area contributed by atoms with Crippen LogP contribution < -0.4 is 9.26 Å². The van der Waals surface area contributed by atoms with Gasteiger partial charge >= 0.3 is 7.82 Å². The summed E-state index contributed by atoms with van der Waals surface area (Å²) in [5.41, 5.74) is 0.756. The van der Waals surface area contributed by atoms with Gasteiger partial charge < -0.3 is 9.26 Å². The van der Waals surface area contributed by atoms with Crippen molar-refractivity contribution >= 4 is 77.4 Å². The molecule has 0 spiro atoms. The van der Waals surface area contributed by atoms with Gasteiger partial charge in [0.25, 0.3) is 0 Å². The molecule has 0 aromatic heterocycles. The van der Waals surface area contributed by atoms with Crippen molar-refractivity contribution in [2.24, 2.45) is 0 Å². The number of allylic oxidation sites excluding steroid dienone is 2. The van der Waals surface area contributed by atoms with Crippen molar-refractivity contribution < 1.29 is 22.9 Å². The maximum Gasteiger partial charge on any atom is 0.530 e. The third kappa shape index (κ3) is 2.71. The largest absolute Gasteiger partial charge is 0.530 e. The number of phosphoric ester groups is 1. The van der Waals surface area contributed by atoms with Gasteiger partial charge in [-0.3, -0.25) is 9.05 Å². The molecule has 12 heteroatoms. The molecular formula is C14H11Cl6O5P. The first-order valence-electron chi connectivity index (χ1n) is 6.98. The lowest BCUT2D eigenvalue weighted by Crippen LogP contribution is -2.33. The highest BCUT2D eigenvalue weighted by Crippen LogP contribution is 2.76. The molecule has 1 aromatic rings. The van der Waals surface area contributed by atoms with Crippen molar-refractivity contribution in [3.8, 4) is 11.5 Å². The van der Waals surface area contributed by atoms with E-state index in [-0.39, 0.29) is 21.4 Å². The van der Waals surface area contributed by atoms with Crippen LogP contribution in [0.2, 0.25) is 0 Å². The van der Waals surface area contributed by atoms with Crippen LogP contribution in [0.25, 0.3) is 0 Å². The zero-order valence-electron chi connectivity index (χ0n) is 13.2. The molecule has 3 atom stereocenters. The molecular weight excluding hydrogens is 492 g/mol. The Morgan fingerprint density at radius 1 is 1.15 bits per heavy atom. The summed E-state index contributed by atoms with van der Waals surface area (Å²) in [6.45, 7) is 0. The Morgan fingerprint density at radius 2 is 1.77 bits per heavy atom. The number of fused-ring (bicyclic) bond motifs is 5. The molecule has 3 unspecified atom stereocenters. The Morgan fingerprint density at radius 3 is 2.31 bits per heavy atom. The van der Waals surface area contributed by atoms with Gasteiger partial charge in [0.05, 0.1) is 18.1 Å². The standard InChI is InChI=1S/C14H11Cl6O5P/c1-22-6-3-4-7(25-26(21,23-2)24-5-15)9-8(6)10-11(16)12(17)13(9,18)14(10,19)20/h3-4,10H,5H2,1-2H3. The van der Waals surface area contributed by atoms with Gasteiger partial charge in [-0.15, -0.1) is 11.6 Å². The molecule has 1 aromatic carbocycles. The van der Waals surface area contributed by atoms with Gasteiger partial charge in [-0.25, -0.2) is 4.57 Å². The number of phosphoric acid groups is 1. The van der Waals surface area contributed by atoms with E-state index in [1.165, 1.54) is 13.2 Å².